The van der Waals surface area contributed by atoms with E-state index < -0.39 is 181 Å². The van der Waals surface area contributed by atoms with Gasteiger partial charge in [-0.2, -0.15) is 0 Å². The average molecular weight is 1180 g/mol. The number of ether oxygens (including phenoxy) is 5. The second-order valence-electron chi connectivity index (χ2n) is 17.7. The predicted octanol–water partition coefficient (Wildman–Crippen LogP) is -6.12. The Hall–Kier alpha value is -7.14. The van der Waals surface area contributed by atoms with Crippen molar-refractivity contribution in [2.75, 3.05) is 50.0 Å². The number of thioether (sulfide) groups is 1. The SMILES string of the molecule is CC(=O)N[C@@H]1CSSC[C@@H](C(N)=O)NC(=O)[C@@H]2CCCN2C(=O)[C@H](CS[C@@H]2O[C@H](COC(C)=O)[C@@H](OC(C)=O)[C@H](OC(C)=O)[C@H]2OC(C)=O)NC(=O)[C@H](CC(=O)O)NC(=O)CNC(=O)[C@H](CCCN=C(N)N)NC(=O)CNC1=O. The number of esters is 4. The number of carbonyl (C=O) groups excluding carboxylic acids is 13. The summed E-state index contributed by atoms with van der Waals surface area (Å²) in [7, 11) is 1.94. The maximum Gasteiger partial charge on any atom is 0.305 e. The molecule has 3 saturated heterocycles. The van der Waals surface area contributed by atoms with Crippen LogP contribution in [-0.4, -0.2) is 215 Å². The molecule has 0 aliphatic carbocycles. The van der Waals surface area contributed by atoms with Gasteiger partial charge in [-0.1, -0.05) is 21.6 Å². The van der Waals surface area contributed by atoms with Crippen molar-refractivity contribution < 1.29 is 95.9 Å². The third-order valence-corrected chi connectivity index (χ3v) is 14.9. The molecule has 11 atom stereocenters. The molecule has 32 nitrogen and oxygen atoms in total. The number of nitrogens with zero attached hydrogens (tertiary/aromatic N) is 2. The Labute approximate surface area is 463 Å². The number of carboxylic acid groups (broad SMARTS) is 1. The molecule has 0 bridgehead atoms. The molecule has 440 valence electrons. The zero-order chi connectivity index (χ0) is 59.1. The van der Waals surface area contributed by atoms with E-state index in [1.165, 1.54) is 0 Å². The highest BCUT2D eigenvalue weighted by molar-refractivity contribution is 8.76. The van der Waals surface area contributed by atoms with E-state index in [1.807, 2.05) is 0 Å². The average Bonchev–Trinajstić information content (AvgIpc) is 3.87. The quantitative estimate of drug-likeness (QED) is 0.0171. The molecule has 9 amide bonds. The van der Waals surface area contributed by atoms with Gasteiger partial charge in [-0.15, -0.1) is 11.8 Å². The van der Waals surface area contributed by atoms with Crippen LogP contribution in [0.1, 0.15) is 66.7 Å². The molecule has 35 heteroatoms. The van der Waals surface area contributed by atoms with Crippen molar-refractivity contribution >= 4 is 122 Å². The van der Waals surface area contributed by atoms with Gasteiger partial charge in [0.15, 0.2) is 24.3 Å². The molecular formula is C44H66N12O20S3. The van der Waals surface area contributed by atoms with Crippen molar-refractivity contribution in [3.63, 3.8) is 0 Å². The zero-order valence-electron chi connectivity index (χ0n) is 43.6. The van der Waals surface area contributed by atoms with Crippen molar-refractivity contribution in [2.24, 2.45) is 22.2 Å². The second kappa shape index (κ2) is 32.7. The van der Waals surface area contributed by atoms with Crippen LogP contribution in [-0.2, 0) is 90.8 Å². The van der Waals surface area contributed by atoms with Gasteiger partial charge in [0.1, 0.15) is 54.4 Å². The summed E-state index contributed by atoms with van der Waals surface area (Å²) in [5.41, 5.74) is 14.9. The number of primary amides is 1. The van der Waals surface area contributed by atoms with Crippen LogP contribution in [0.5, 0.6) is 0 Å². The van der Waals surface area contributed by atoms with Crippen molar-refractivity contribution in [1.29, 1.82) is 0 Å². The normalized spacial score (nSPS) is 27.1. The van der Waals surface area contributed by atoms with E-state index in [1.54, 1.807) is 0 Å². The van der Waals surface area contributed by atoms with E-state index in [9.17, 15) is 72.2 Å². The monoisotopic (exact) mass is 1180 g/mol. The fraction of sp³-hybridized carbons (Fsp3) is 0.659. The molecule has 0 aromatic heterocycles. The van der Waals surface area contributed by atoms with E-state index in [2.05, 4.69) is 42.2 Å². The lowest BCUT2D eigenvalue weighted by molar-refractivity contribution is -0.237. The molecule has 3 rings (SSSR count). The number of guanidine groups is 1. The lowest BCUT2D eigenvalue weighted by Crippen LogP contribution is -2.62. The molecule has 0 saturated carbocycles. The van der Waals surface area contributed by atoms with Crippen LogP contribution in [0.2, 0.25) is 0 Å². The van der Waals surface area contributed by atoms with Crippen molar-refractivity contribution in [2.45, 2.75) is 133 Å². The minimum Gasteiger partial charge on any atom is -0.481 e. The minimum atomic E-state index is -1.99. The first-order chi connectivity index (χ1) is 37.2. The number of carbonyl (C=O) groups is 14. The largest absolute Gasteiger partial charge is 0.481 e. The second-order valence-corrected chi connectivity index (χ2v) is 21.3. The fourth-order valence-corrected chi connectivity index (χ4v) is 11.4. The number of amides is 9. The van der Waals surface area contributed by atoms with E-state index in [0.717, 1.165) is 61.1 Å². The van der Waals surface area contributed by atoms with Crippen LogP contribution < -0.4 is 54.4 Å². The van der Waals surface area contributed by atoms with Crippen LogP contribution >= 0.6 is 33.3 Å². The highest BCUT2D eigenvalue weighted by Crippen LogP contribution is 2.35. The van der Waals surface area contributed by atoms with Crippen molar-refractivity contribution in [3.05, 3.63) is 0 Å². The maximum atomic E-state index is 14.8. The number of nitrogens with one attached hydrogen (secondary N) is 7. The first-order valence-corrected chi connectivity index (χ1v) is 27.8. The molecule has 3 fully saturated rings. The van der Waals surface area contributed by atoms with Gasteiger partial charge in [0.2, 0.25) is 53.2 Å². The molecule has 0 unspecified atom stereocenters. The zero-order valence-corrected chi connectivity index (χ0v) is 46.0. The molecule has 0 spiro atoms. The van der Waals surface area contributed by atoms with E-state index >= 15 is 0 Å². The van der Waals surface area contributed by atoms with E-state index in [4.69, 9.17) is 40.9 Å². The number of aliphatic imine (C=N–C) groups is 1. The Morgan fingerprint density at radius 3 is 1.91 bits per heavy atom. The topological polar surface area (TPSA) is 483 Å². The Morgan fingerprint density at radius 2 is 1.33 bits per heavy atom. The Balaban J connectivity index is 2.13. The third kappa shape index (κ3) is 23.0. The highest BCUT2D eigenvalue weighted by Gasteiger charge is 2.53. The number of rotatable bonds is 16. The molecule has 0 aromatic rings. The Kier molecular flexibility index (Phi) is 27.4. The molecule has 3 aliphatic heterocycles. The first-order valence-electron chi connectivity index (χ1n) is 24.2. The van der Waals surface area contributed by atoms with Gasteiger partial charge in [0.25, 0.3) is 0 Å². The fourth-order valence-electron chi connectivity index (χ4n) is 7.82. The van der Waals surface area contributed by atoms with Gasteiger partial charge in [-0.3, -0.25) is 72.1 Å². The number of hydrogen-bond acceptors (Lipinski definition) is 23. The summed E-state index contributed by atoms with van der Waals surface area (Å²) in [6.45, 7) is 2.79. The summed E-state index contributed by atoms with van der Waals surface area (Å²) >= 11 is 0.637. The Morgan fingerprint density at radius 1 is 0.734 bits per heavy atom. The molecule has 0 radical (unpaired) electrons. The Bertz CT molecular complexity index is 2330. The predicted molar refractivity (Wildman–Crippen MR) is 277 cm³/mol. The van der Waals surface area contributed by atoms with Gasteiger partial charge in [0.05, 0.1) is 19.5 Å². The highest BCUT2D eigenvalue weighted by atomic mass is 33.1. The lowest BCUT2D eigenvalue weighted by atomic mass is 9.99. The summed E-state index contributed by atoms with van der Waals surface area (Å²) in [4.78, 5) is 188. The molecule has 79 heavy (non-hydrogen) atoms. The number of fused-ring (bicyclic) bond motifs is 1. The van der Waals surface area contributed by atoms with Crippen molar-refractivity contribution in [1.82, 2.24) is 42.1 Å². The van der Waals surface area contributed by atoms with Gasteiger partial charge in [-0.05, 0) is 25.7 Å². The van der Waals surface area contributed by atoms with Gasteiger partial charge in [-0.25, -0.2) is 0 Å². The number of aliphatic carboxylic acids is 1. The standard InChI is InChI=1S/C44H66N12O20S3/c1-19(57)51-27-18-79-78-17-26(37(45)66)54-41(70)29-9-7-11-56(29)42(71)28(16-77-43-36(75-23(5)61)35(74-22(4)60)34(73-21(3)59)30(76-43)15-72-20(2)58)55-40(69)25(12-33(64)65)53-32(63)14-49-38(67)24(8-6-10-48-44(46)47)52-31(62)13-50-39(27)68/h24-30,34-36,43H,6-18H2,1-5H3,(H2,45,66)(H,49,67)(H,50,68)(H,51,57)(H,52,62)(H,53,63)(H,54,70)(H,55,69)(H,64,65)(H4,46,47,48)/t24-,25-,26-,27+,28-,29-,30+,34+,35-,36+,43-/m0/s1. The van der Waals surface area contributed by atoms with Crippen LogP contribution in [0.15, 0.2) is 4.99 Å². The number of carboxylic acids is 1. The van der Waals surface area contributed by atoms with Crippen LogP contribution in [0.25, 0.3) is 0 Å². The maximum absolute atomic E-state index is 14.8. The molecule has 0 aromatic carbocycles. The van der Waals surface area contributed by atoms with Crippen molar-refractivity contribution in [3.8, 4) is 0 Å². The summed E-state index contributed by atoms with van der Waals surface area (Å²) in [5.74, 6) is -15.1. The van der Waals surface area contributed by atoms with Gasteiger partial charge >= 0.3 is 29.8 Å². The van der Waals surface area contributed by atoms with E-state index in [-0.39, 0.29) is 56.2 Å². The summed E-state index contributed by atoms with van der Waals surface area (Å²) in [5, 5.41) is 26.5. The molecular weight excluding hydrogens is 1110 g/mol. The van der Waals surface area contributed by atoms with Crippen LogP contribution in [0.3, 0.4) is 0 Å². The molecule has 14 N–H and O–H groups in total. The third-order valence-electron chi connectivity index (χ3n) is 11.2. The van der Waals surface area contributed by atoms with Crippen LogP contribution in [0.4, 0.5) is 0 Å². The summed E-state index contributed by atoms with van der Waals surface area (Å²) < 4.78 is 27.8. The number of hydrogen-bond donors (Lipinski definition) is 11. The smallest absolute Gasteiger partial charge is 0.305 e. The summed E-state index contributed by atoms with van der Waals surface area (Å²) in [6.07, 6.45) is -7.26. The molecule has 3 heterocycles. The lowest BCUT2D eigenvalue weighted by Gasteiger charge is -2.44. The van der Waals surface area contributed by atoms with Crippen LogP contribution in [0, 0.1) is 0 Å². The van der Waals surface area contributed by atoms with E-state index in [0.29, 0.717) is 11.8 Å². The van der Waals surface area contributed by atoms with Gasteiger partial charge in [0, 0.05) is 65.0 Å². The molecule has 3 aliphatic rings. The minimum absolute atomic E-state index is 0.00449. The van der Waals surface area contributed by atoms with Gasteiger partial charge < -0.3 is 88.1 Å². The summed E-state index contributed by atoms with van der Waals surface area (Å²) in [6, 6.07) is -9.17. The first kappa shape index (κ1) is 66.1. The number of nitrogens with two attached hydrogens (primary N) is 3.